The van der Waals surface area contributed by atoms with Gasteiger partial charge in [0, 0.05) is 6.07 Å². The van der Waals surface area contributed by atoms with Gasteiger partial charge in [0.1, 0.15) is 0 Å². The number of hydrogen-bond acceptors (Lipinski definition) is 6. The highest BCUT2D eigenvalue weighted by atomic mass is 16.5. The number of furan rings is 1. The minimum atomic E-state index is -1.39. The van der Waals surface area contributed by atoms with Gasteiger partial charge in [0.2, 0.25) is 5.76 Å². The van der Waals surface area contributed by atoms with Crippen LogP contribution in [0.5, 0.6) is 0 Å². The molecule has 8 heteroatoms. The van der Waals surface area contributed by atoms with Crippen LogP contribution in [-0.2, 0) is 4.79 Å². The fourth-order valence-corrected chi connectivity index (χ4v) is 1.33. The lowest BCUT2D eigenvalue weighted by Gasteiger charge is -2.09. The van der Waals surface area contributed by atoms with E-state index >= 15 is 0 Å². The number of carbonyl (C=O) groups is 2. The zero-order valence-electron chi connectivity index (χ0n) is 9.57. The molecule has 2 aromatic heterocycles. The number of carboxylic acids is 1. The van der Waals surface area contributed by atoms with Gasteiger partial charge in [-0.25, -0.2) is 4.79 Å². The number of amides is 1. The molecule has 100 valence electrons. The molecule has 19 heavy (non-hydrogen) atoms. The number of nitrogens with one attached hydrogen (secondary N) is 1. The highest BCUT2D eigenvalue weighted by Crippen LogP contribution is 2.20. The van der Waals surface area contributed by atoms with Crippen LogP contribution in [0.25, 0.3) is 11.5 Å². The standard InChI is InChI=1S/C11H10N2O6/c14-5-7(11(16)17)12-10(15)6-4-9(19-13-6)8-2-1-3-18-8/h1-4,7,14H,5H2,(H,12,15)(H,16,17). The lowest BCUT2D eigenvalue weighted by Crippen LogP contribution is -2.43. The van der Waals surface area contributed by atoms with E-state index in [4.69, 9.17) is 19.2 Å². The predicted octanol–water partition coefficient (Wildman–Crippen LogP) is 0.110. The third kappa shape index (κ3) is 2.80. The molecule has 1 atom stereocenters. The van der Waals surface area contributed by atoms with Crippen molar-refractivity contribution in [3.8, 4) is 11.5 Å². The summed E-state index contributed by atoms with van der Waals surface area (Å²) >= 11 is 0. The second-order valence-corrected chi connectivity index (χ2v) is 3.60. The van der Waals surface area contributed by atoms with E-state index in [1.165, 1.54) is 12.3 Å². The highest BCUT2D eigenvalue weighted by Gasteiger charge is 2.22. The summed E-state index contributed by atoms with van der Waals surface area (Å²) in [5, 5.41) is 23.1. The van der Waals surface area contributed by atoms with Gasteiger partial charge in [-0.15, -0.1) is 0 Å². The molecule has 0 aliphatic heterocycles. The Morgan fingerprint density at radius 1 is 1.42 bits per heavy atom. The topological polar surface area (TPSA) is 126 Å². The van der Waals surface area contributed by atoms with E-state index in [0.717, 1.165) is 0 Å². The summed E-state index contributed by atoms with van der Waals surface area (Å²) in [5.74, 6) is -1.47. The van der Waals surface area contributed by atoms with Crippen LogP contribution in [0.3, 0.4) is 0 Å². The number of aliphatic carboxylic acids is 1. The normalized spacial score (nSPS) is 12.1. The monoisotopic (exact) mass is 266 g/mol. The first kappa shape index (κ1) is 12.8. The average molecular weight is 266 g/mol. The van der Waals surface area contributed by atoms with Gasteiger partial charge < -0.3 is 24.5 Å². The van der Waals surface area contributed by atoms with E-state index in [2.05, 4.69) is 10.5 Å². The van der Waals surface area contributed by atoms with Crippen LogP contribution in [0.15, 0.2) is 33.4 Å². The second-order valence-electron chi connectivity index (χ2n) is 3.60. The number of aliphatic hydroxyl groups excluding tert-OH is 1. The van der Waals surface area contributed by atoms with Crippen molar-refractivity contribution in [3.63, 3.8) is 0 Å². The Labute approximate surface area is 106 Å². The van der Waals surface area contributed by atoms with Crippen LogP contribution < -0.4 is 5.32 Å². The minimum absolute atomic E-state index is 0.105. The van der Waals surface area contributed by atoms with Crippen LogP contribution in [0.4, 0.5) is 0 Å². The maximum absolute atomic E-state index is 11.7. The van der Waals surface area contributed by atoms with Gasteiger partial charge in [0.15, 0.2) is 17.5 Å². The molecule has 1 unspecified atom stereocenters. The summed E-state index contributed by atoms with van der Waals surface area (Å²) in [4.78, 5) is 22.3. The summed E-state index contributed by atoms with van der Waals surface area (Å²) in [6.07, 6.45) is 1.43. The molecule has 0 aromatic carbocycles. The molecule has 0 bridgehead atoms. The Morgan fingerprint density at radius 2 is 2.21 bits per heavy atom. The highest BCUT2D eigenvalue weighted by molar-refractivity contribution is 5.95. The van der Waals surface area contributed by atoms with Gasteiger partial charge in [0.05, 0.1) is 12.9 Å². The Bertz CT molecular complexity index is 574. The van der Waals surface area contributed by atoms with Gasteiger partial charge in [-0.05, 0) is 12.1 Å². The number of hydrogen-bond donors (Lipinski definition) is 3. The summed E-state index contributed by atoms with van der Waals surface area (Å²) in [6, 6.07) is 3.18. The number of nitrogens with zero attached hydrogens (tertiary/aromatic N) is 1. The molecule has 2 rings (SSSR count). The zero-order chi connectivity index (χ0) is 13.8. The van der Waals surface area contributed by atoms with Crippen LogP contribution in [0, 0.1) is 0 Å². The van der Waals surface area contributed by atoms with Crippen LogP contribution in [0.2, 0.25) is 0 Å². The number of carboxylic acid groups (broad SMARTS) is 1. The lowest BCUT2D eigenvalue weighted by molar-refractivity contribution is -0.140. The molecule has 0 spiro atoms. The van der Waals surface area contributed by atoms with Crippen molar-refractivity contribution in [1.82, 2.24) is 10.5 Å². The Kier molecular flexibility index (Phi) is 3.62. The molecule has 3 N–H and O–H groups in total. The molecule has 0 saturated carbocycles. The van der Waals surface area contributed by atoms with Crippen molar-refractivity contribution in [3.05, 3.63) is 30.2 Å². The molecular formula is C11H10N2O6. The van der Waals surface area contributed by atoms with Crippen molar-refractivity contribution in [2.75, 3.05) is 6.61 Å². The van der Waals surface area contributed by atoms with E-state index in [0.29, 0.717) is 5.76 Å². The first-order valence-electron chi connectivity index (χ1n) is 5.27. The minimum Gasteiger partial charge on any atom is -0.480 e. The van der Waals surface area contributed by atoms with E-state index in [1.54, 1.807) is 12.1 Å². The van der Waals surface area contributed by atoms with Crippen LogP contribution in [-0.4, -0.2) is 39.9 Å². The average Bonchev–Trinajstić information content (AvgIpc) is 3.04. The second kappa shape index (κ2) is 5.36. The quantitative estimate of drug-likeness (QED) is 0.701. The predicted molar refractivity (Wildman–Crippen MR) is 60.2 cm³/mol. The molecule has 2 aromatic rings. The lowest BCUT2D eigenvalue weighted by atomic mass is 10.2. The Morgan fingerprint density at radius 3 is 2.79 bits per heavy atom. The molecule has 1 amide bonds. The number of aromatic nitrogens is 1. The van der Waals surface area contributed by atoms with Gasteiger partial charge in [-0.2, -0.15) is 0 Å². The molecule has 0 aliphatic carbocycles. The third-order valence-electron chi connectivity index (χ3n) is 2.29. The van der Waals surface area contributed by atoms with Gasteiger partial charge in [-0.3, -0.25) is 4.79 Å². The molecule has 0 saturated heterocycles. The van der Waals surface area contributed by atoms with Crippen molar-refractivity contribution < 1.29 is 28.7 Å². The maximum atomic E-state index is 11.7. The fourth-order valence-electron chi connectivity index (χ4n) is 1.33. The van der Waals surface area contributed by atoms with E-state index in [-0.39, 0.29) is 11.5 Å². The maximum Gasteiger partial charge on any atom is 0.328 e. The summed E-state index contributed by atoms with van der Waals surface area (Å²) in [7, 11) is 0. The third-order valence-corrected chi connectivity index (χ3v) is 2.29. The fraction of sp³-hybridized carbons (Fsp3) is 0.182. The van der Waals surface area contributed by atoms with E-state index in [9.17, 15) is 9.59 Å². The molecule has 8 nitrogen and oxygen atoms in total. The van der Waals surface area contributed by atoms with Crippen molar-refractivity contribution >= 4 is 11.9 Å². The molecular weight excluding hydrogens is 256 g/mol. The Balaban J connectivity index is 2.10. The van der Waals surface area contributed by atoms with Crippen molar-refractivity contribution in [2.45, 2.75) is 6.04 Å². The first-order chi connectivity index (χ1) is 9.11. The molecule has 2 heterocycles. The molecule has 0 fully saturated rings. The smallest absolute Gasteiger partial charge is 0.328 e. The largest absolute Gasteiger partial charge is 0.480 e. The van der Waals surface area contributed by atoms with Crippen LogP contribution >= 0.6 is 0 Å². The zero-order valence-corrected chi connectivity index (χ0v) is 9.57. The van der Waals surface area contributed by atoms with E-state index < -0.39 is 24.5 Å². The van der Waals surface area contributed by atoms with E-state index in [1.807, 2.05) is 0 Å². The van der Waals surface area contributed by atoms with Crippen molar-refractivity contribution in [1.29, 1.82) is 0 Å². The van der Waals surface area contributed by atoms with Gasteiger partial charge in [0.25, 0.3) is 5.91 Å². The molecule has 0 aliphatic rings. The van der Waals surface area contributed by atoms with Crippen molar-refractivity contribution in [2.24, 2.45) is 0 Å². The first-order valence-corrected chi connectivity index (χ1v) is 5.27. The number of carbonyl (C=O) groups excluding carboxylic acids is 1. The van der Waals surface area contributed by atoms with Gasteiger partial charge in [-0.1, -0.05) is 5.16 Å². The number of rotatable bonds is 5. The Hall–Kier alpha value is -2.61. The summed E-state index contributed by atoms with van der Waals surface area (Å²) < 4.78 is 9.94. The SMILES string of the molecule is O=C(NC(CO)C(=O)O)c1cc(-c2ccco2)on1. The summed E-state index contributed by atoms with van der Waals surface area (Å²) in [5.41, 5.74) is -0.105. The molecule has 0 radical (unpaired) electrons. The van der Waals surface area contributed by atoms with Crippen LogP contribution in [0.1, 0.15) is 10.5 Å². The van der Waals surface area contributed by atoms with Gasteiger partial charge >= 0.3 is 5.97 Å². The summed E-state index contributed by atoms with van der Waals surface area (Å²) in [6.45, 7) is -0.718. The number of aliphatic hydroxyl groups is 1.